The molecule has 0 rings (SSSR count). The van der Waals surface area contributed by atoms with E-state index in [1.54, 1.807) is 7.11 Å². The van der Waals surface area contributed by atoms with E-state index >= 15 is 0 Å². The molecular formula is C11H23NO3. The maximum Gasteiger partial charge on any atom is 0.220 e. The van der Waals surface area contributed by atoms with E-state index in [0.717, 1.165) is 12.8 Å². The number of aliphatic hydroxyl groups excluding tert-OH is 1. The minimum atomic E-state index is -0.111. The second-order valence-corrected chi connectivity index (χ2v) is 4.17. The molecule has 0 radical (unpaired) electrons. The third kappa shape index (κ3) is 8.39. The SMILES string of the molecule is COCCCC(=O)NC(CO)CC(C)C. The summed E-state index contributed by atoms with van der Waals surface area (Å²) in [6.07, 6.45) is 2.00. The molecule has 0 aromatic heterocycles. The molecule has 0 aromatic carbocycles. The smallest absolute Gasteiger partial charge is 0.220 e. The van der Waals surface area contributed by atoms with Crippen molar-refractivity contribution in [2.45, 2.75) is 39.2 Å². The summed E-state index contributed by atoms with van der Waals surface area (Å²) in [7, 11) is 1.62. The lowest BCUT2D eigenvalue weighted by atomic mass is 10.0. The second-order valence-electron chi connectivity index (χ2n) is 4.17. The van der Waals surface area contributed by atoms with E-state index in [-0.39, 0.29) is 18.6 Å². The van der Waals surface area contributed by atoms with Gasteiger partial charge in [-0.1, -0.05) is 13.8 Å². The van der Waals surface area contributed by atoms with Crippen LogP contribution in [-0.2, 0) is 9.53 Å². The Kier molecular flexibility index (Phi) is 8.33. The predicted molar refractivity (Wildman–Crippen MR) is 59.6 cm³/mol. The van der Waals surface area contributed by atoms with Gasteiger partial charge in [0.2, 0.25) is 5.91 Å². The average molecular weight is 217 g/mol. The van der Waals surface area contributed by atoms with Crippen LogP contribution in [0.5, 0.6) is 0 Å². The van der Waals surface area contributed by atoms with Gasteiger partial charge < -0.3 is 15.2 Å². The van der Waals surface area contributed by atoms with Crippen LogP contribution in [0.25, 0.3) is 0 Å². The molecule has 90 valence electrons. The van der Waals surface area contributed by atoms with Gasteiger partial charge in [-0.2, -0.15) is 0 Å². The van der Waals surface area contributed by atoms with Crippen molar-refractivity contribution in [3.63, 3.8) is 0 Å². The lowest BCUT2D eigenvalue weighted by Crippen LogP contribution is -2.38. The largest absolute Gasteiger partial charge is 0.394 e. The number of nitrogens with one attached hydrogen (secondary N) is 1. The third-order valence-electron chi connectivity index (χ3n) is 2.09. The zero-order chi connectivity index (χ0) is 11.7. The van der Waals surface area contributed by atoms with Crippen molar-refractivity contribution in [2.24, 2.45) is 5.92 Å². The van der Waals surface area contributed by atoms with Gasteiger partial charge in [0.05, 0.1) is 12.6 Å². The molecule has 0 saturated heterocycles. The monoisotopic (exact) mass is 217 g/mol. The van der Waals surface area contributed by atoms with Gasteiger partial charge in [-0.25, -0.2) is 0 Å². The van der Waals surface area contributed by atoms with E-state index in [9.17, 15) is 4.79 Å². The summed E-state index contributed by atoms with van der Waals surface area (Å²) in [5.41, 5.74) is 0. The molecule has 15 heavy (non-hydrogen) atoms. The molecular weight excluding hydrogens is 194 g/mol. The van der Waals surface area contributed by atoms with Crippen molar-refractivity contribution in [3.8, 4) is 0 Å². The van der Waals surface area contributed by atoms with Crippen molar-refractivity contribution in [1.82, 2.24) is 5.32 Å². The van der Waals surface area contributed by atoms with Gasteiger partial charge in [0.15, 0.2) is 0 Å². The summed E-state index contributed by atoms with van der Waals surface area (Å²) in [5, 5.41) is 11.9. The zero-order valence-corrected chi connectivity index (χ0v) is 9.95. The lowest BCUT2D eigenvalue weighted by molar-refractivity contribution is -0.122. The first-order valence-electron chi connectivity index (χ1n) is 5.49. The van der Waals surface area contributed by atoms with Crippen molar-refractivity contribution in [3.05, 3.63) is 0 Å². The van der Waals surface area contributed by atoms with Crippen LogP contribution in [0, 0.1) is 5.92 Å². The Morgan fingerprint density at radius 2 is 2.13 bits per heavy atom. The number of hydrogen-bond donors (Lipinski definition) is 2. The number of rotatable bonds is 8. The molecule has 4 nitrogen and oxygen atoms in total. The minimum absolute atomic E-state index is 0.00764. The van der Waals surface area contributed by atoms with Gasteiger partial charge in [0.25, 0.3) is 0 Å². The van der Waals surface area contributed by atoms with Crippen LogP contribution >= 0.6 is 0 Å². The van der Waals surface area contributed by atoms with Crippen LogP contribution in [0.1, 0.15) is 33.1 Å². The summed E-state index contributed by atoms with van der Waals surface area (Å²) in [5.74, 6) is 0.466. The second kappa shape index (κ2) is 8.68. The molecule has 0 saturated carbocycles. The Morgan fingerprint density at radius 1 is 1.47 bits per heavy atom. The zero-order valence-electron chi connectivity index (χ0n) is 9.95. The Morgan fingerprint density at radius 3 is 2.60 bits per heavy atom. The van der Waals surface area contributed by atoms with Gasteiger partial charge in [-0.15, -0.1) is 0 Å². The number of hydrogen-bond acceptors (Lipinski definition) is 3. The maximum atomic E-state index is 11.4. The molecule has 0 aromatic rings. The summed E-state index contributed by atoms with van der Waals surface area (Å²) in [4.78, 5) is 11.4. The highest BCUT2D eigenvalue weighted by molar-refractivity contribution is 5.76. The van der Waals surface area contributed by atoms with Crippen LogP contribution in [-0.4, -0.2) is 37.4 Å². The average Bonchev–Trinajstić information content (AvgIpc) is 2.16. The summed E-state index contributed by atoms with van der Waals surface area (Å²) >= 11 is 0. The highest BCUT2D eigenvalue weighted by Crippen LogP contribution is 2.04. The number of carbonyl (C=O) groups excluding carboxylic acids is 1. The normalized spacial score (nSPS) is 12.9. The Hall–Kier alpha value is -0.610. The molecule has 0 aliphatic heterocycles. The molecule has 0 fully saturated rings. The Labute approximate surface area is 92.0 Å². The van der Waals surface area contributed by atoms with Crippen molar-refractivity contribution >= 4 is 5.91 Å². The first-order chi connectivity index (χ1) is 7.10. The van der Waals surface area contributed by atoms with Crippen molar-refractivity contribution < 1.29 is 14.6 Å². The molecule has 0 bridgehead atoms. The fourth-order valence-corrected chi connectivity index (χ4v) is 1.43. The standard InChI is InChI=1S/C11H23NO3/c1-9(2)7-10(8-13)12-11(14)5-4-6-15-3/h9-10,13H,4-8H2,1-3H3,(H,12,14). The van der Waals surface area contributed by atoms with Gasteiger partial charge in [-0.05, 0) is 18.8 Å². The predicted octanol–water partition coefficient (Wildman–Crippen LogP) is 0.936. The molecule has 0 heterocycles. The summed E-state index contributed by atoms with van der Waals surface area (Å²) in [6, 6.07) is -0.111. The number of aliphatic hydroxyl groups is 1. The molecule has 0 spiro atoms. The molecule has 0 aliphatic rings. The van der Waals surface area contributed by atoms with Crippen LogP contribution in [0.15, 0.2) is 0 Å². The fraction of sp³-hybridized carbons (Fsp3) is 0.909. The third-order valence-corrected chi connectivity index (χ3v) is 2.09. The molecule has 1 amide bonds. The number of carbonyl (C=O) groups is 1. The quantitative estimate of drug-likeness (QED) is 0.595. The van der Waals surface area contributed by atoms with E-state index in [2.05, 4.69) is 19.2 Å². The van der Waals surface area contributed by atoms with Crippen LogP contribution in [0.3, 0.4) is 0 Å². The number of methoxy groups -OCH3 is 1. The lowest BCUT2D eigenvalue weighted by Gasteiger charge is -2.18. The first kappa shape index (κ1) is 14.4. The topological polar surface area (TPSA) is 58.6 Å². The van der Waals surface area contributed by atoms with E-state index < -0.39 is 0 Å². The first-order valence-corrected chi connectivity index (χ1v) is 5.49. The van der Waals surface area contributed by atoms with E-state index in [4.69, 9.17) is 9.84 Å². The minimum Gasteiger partial charge on any atom is -0.394 e. The molecule has 1 unspecified atom stereocenters. The van der Waals surface area contributed by atoms with Gasteiger partial charge in [-0.3, -0.25) is 4.79 Å². The highest BCUT2D eigenvalue weighted by atomic mass is 16.5. The highest BCUT2D eigenvalue weighted by Gasteiger charge is 2.12. The Balaban J connectivity index is 3.70. The van der Waals surface area contributed by atoms with Crippen LogP contribution < -0.4 is 5.32 Å². The van der Waals surface area contributed by atoms with Gasteiger partial charge in [0, 0.05) is 20.1 Å². The van der Waals surface area contributed by atoms with Crippen LogP contribution in [0.2, 0.25) is 0 Å². The number of ether oxygens (including phenoxy) is 1. The fourth-order valence-electron chi connectivity index (χ4n) is 1.43. The molecule has 0 aliphatic carbocycles. The molecule has 4 heteroatoms. The van der Waals surface area contributed by atoms with Crippen LogP contribution in [0.4, 0.5) is 0 Å². The Bertz CT molecular complexity index is 171. The van der Waals surface area contributed by atoms with E-state index in [0.29, 0.717) is 18.9 Å². The number of amides is 1. The summed E-state index contributed by atoms with van der Waals surface area (Å²) < 4.78 is 4.86. The van der Waals surface area contributed by atoms with Crippen molar-refractivity contribution in [1.29, 1.82) is 0 Å². The molecule has 2 N–H and O–H groups in total. The van der Waals surface area contributed by atoms with Gasteiger partial charge in [0.1, 0.15) is 0 Å². The summed E-state index contributed by atoms with van der Waals surface area (Å²) in [6.45, 7) is 4.75. The van der Waals surface area contributed by atoms with Gasteiger partial charge >= 0.3 is 0 Å². The van der Waals surface area contributed by atoms with E-state index in [1.807, 2.05) is 0 Å². The van der Waals surface area contributed by atoms with E-state index in [1.165, 1.54) is 0 Å². The van der Waals surface area contributed by atoms with Crippen molar-refractivity contribution in [2.75, 3.05) is 20.3 Å². The maximum absolute atomic E-state index is 11.4. The molecule has 1 atom stereocenters.